The quantitative estimate of drug-likeness (QED) is 0.840. The number of carbonyl (C=O) groups is 2. The largest absolute Gasteiger partial charge is 0.495 e. The molecule has 27 heavy (non-hydrogen) atoms. The van der Waals surface area contributed by atoms with Gasteiger partial charge >= 0.3 is 11.8 Å². The molecule has 0 radical (unpaired) electrons. The Kier molecular flexibility index (Phi) is 5.96. The van der Waals surface area contributed by atoms with Crippen molar-refractivity contribution in [2.45, 2.75) is 13.5 Å². The van der Waals surface area contributed by atoms with Crippen LogP contribution in [0.4, 0.5) is 5.69 Å². The number of aryl methyl sites for hydroxylation is 1. The van der Waals surface area contributed by atoms with E-state index >= 15 is 0 Å². The van der Waals surface area contributed by atoms with Gasteiger partial charge in [-0.3, -0.25) is 9.59 Å². The standard InChI is InChI=1S/C21H25N3O3/c1-16-6-5-7-17(14-16)15-22-20(25)21(26)24-12-10-23(11-13-24)18-8-3-4-9-19(18)27-2/h3-9,14H,10-13,15H2,1-2H3,(H,22,25). The summed E-state index contributed by atoms with van der Waals surface area (Å²) in [6, 6.07) is 15.7. The maximum absolute atomic E-state index is 12.4. The van der Waals surface area contributed by atoms with Crippen LogP contribution in [0, 0.1) is 6.92 Å². The van der Waals surface area contributed by atoms with Gasteiger partial charge in [-0.15, -0.1) is 0 Å². The summed E-state index contributed by atoms with van der Waals surface area (Å²) in [5, 5.41) is 2.72. The smallest absolute Gasteiger partial charge is 0.312 e. The maximum atomic E-state index is 12.4. The summed E-state index contributed by atoms with van der Waals surface area (Å²) in [6.07, 6.45) is 0. The molecule has 0 spiro atoms. The number of methoxy groups -OCH3 is 1. The van der Waals surface area contributed by atoms with E-state index in [-0.39, 0.29) is 0 Å². The van der Waals surface area contributed by atoms with Crippen molar-refractivity contribution >= 4 is 17.5 Å². The maximum Gasteiger partial charge on any atom is 0.312 e. The predicted molar refractivity (Wildman–Crippen MR) is 105 cm³/mol. The first-order chi connectivity index (χ1) is 13.1. The first kappa shape index (κ1) is 18.8. The Morgan fingerprint density at radius 2 is 1.78 bits per heavy atom. The van der Waals surface area contributed by atoms with E-state index in [1.807, 2.05) is 55.5 Å². The van der Waals surface area contributed by atoms with Gasteiger partial charge in [0.2, 0.25) is 0 Å². The van der Waals surface area contributed by atoms with Crippen LogP contribution >= 0.6 is 0 Å². The number of nitrogens with zero attached hydrogens (tertiary/aromatic N) is 2. The minimum Gasteiger partial charge on any atom is -0.495 e. The fourth-order valence-corrected chi connectivity index (χ4v) is 3.27. The molecule has 0 aromatic heterocycles. The molecule has 0 bridgehead atoms. The van der Waals surface area contributed by atoms with Gasteiger partial charge in [0, 0.05) is 32.7 Å². The molecule has 2 aromatic carbocycles. The summed E-state index contributed by atoms with van der Waals surface area (Å²) >= 11 is 0. The number of ether oxygens (including phenoxy) is 1. The summed E-state index contributed by atoms with van der Waals surface area (Å²) < 4.78 is 5.41. The highest BCUT2D eigenvalue weighted by atomic mass is 16.5. The van der Waals surface area contributed by atoms with Crippen LogP contribution in [0.25, 0.3) is 0 Å². The van der Waals surface area contributed by atoms with E-state index in [4.69, 9.17) is 4.74 Å². The summed E-state index contributed by atoms with van der Waals surface area (Å²) in [6.45, 7) is 4.70. The van der Waals surface area contributed by atoms with E-state index in [1.165, 1.54) is 0 Å². The molecule has 0 atom stereocenters. The van der Waals surface area contributed by atoms with Crippen molar-refractivity contribution < 1.29 is 14.3 Å². The van der Waals surface area contributed by atoms with Crippen molar-refractivity contribution in [2.24, 2.45) is 0 Å². The first-order valence-electron chi connectivity index (χ1n) is 9.09. The van der Waals surface area contributed by atoms with E-state index < -0.39 is 11.8 Å². The van der Waals surface area contributed by atoms with Crippen molar-refractivity contribution in [3.05, 3.63) is 59.7 Å². The number of anilines is 1. The number of piperazine rings is 1. The van der Waals surface area contributed by atoms with Gasteiger partial charge in [-0.2, -0.15) is 0 Å². The molecule has 1 aliphatic rings. The number of rotatable bonds is 4. The Hall–Kier alpha value is -3.02. The Morgan fingerprint density at radius 3 is 2.48 bits per heavy atom. The molecular formula is C21H25N3O3. The second-order valence-electron chi connectivity index (χ2n) is 6.62. The first-order valence-corrected chi connectivity index (χ1v) is 9.09. The number of hydrogen-bond donors (Lipinski definition) is 1. The summed E-state index contributed by atoms with van der Waals surface area (Å²) in [7, 11) is 1.65. The van der Waals surface area contributed by atoms with Gasteiger partial charge in [0.1, 0.15) is 5.75 Å². The molecule has 0 unspecified atom stereocenters. The lowest BCUT2D eigenvalue weighted by atomic mass is 10.1. The molecule has 2 aromatic rings. The van der Waals surface area contributed by atoms with Crippen LogP contribution in [0.15, 0.2) is 48.5 Å². The van der Waals surface area contributed by atoms with E-state index in [2.05, 4.69) is 10.2 Å². The Labute approximate surface area is 159 Å². The molecule has 0 aliphatic carbocycles. The van der Waals surface area contributed by atoms with E-state index in [0.717, 1.165) is 22.6 Å². The van der Waals surface area contributed by atoms with Crippen LogP contribution in [-0.2, 0) is 16.1 Å². The fraction of sp³-hybridized carbons (Fsp3) is 0.333. The molecule has 1 aliphatic heterocycles. The zero-order valence-corrected chi connectivity index (χ0v) is 15.8. The van der Waals surface area contributed by atoms with E-state index in [1.54, 1.807) is 12.0 Å². The van der Waals surface area contributed by atoms with Crippen LogP contribution in [0.5, 0.6) is 5.75 Å². The molecular weight excluding hydrogens is 342 g/mol. The number of nitrogens with one attached hydrogen (secondary N) is 1. The van der Waals surface area contributed by atoms with Crippen molar-refractivity contribution in [2.75, 3.05) is 38.2 Å². The third kappa shape index (κ3) is 4.58. The SMILES string of the molecule is COc1ccccc1N1CCN(C(=O)C(=O)NCc2cccc(C)c2)CC1. The van der Waals surface area contributed by atoms with Crippen LogP contribution in [0.3, 0.4) is 0 Å². The zero-order valence-electron chi connectivity index (χ0n) is 15.8. The number of para-hydroxylation sites is 2. The average Bonchev–Trinajstić information content (AvgIpc) is 2.71. The molecule has 142 valence electrons. The van der Waals surface area contributed by atoms with Crippen LogP contribution < -0.4 is 15.0 Å². The number of amides is 2. The molecule has 1 N–H and O–H groups in total. The molecule has 1 saturated heterocycles. The lowest BCUT2D eigenvalue weighted by molar-refractivity contribution is -0.146. The molecule has 6 heteroatoms. The van der Waals surface area contributed by atoms with Crippen LogP contribution in [-0.4, -0.2) is 50.0 Å². The van der Waals surface area contributed by atoms with Gasteiger partial charge in [-0.05, 0) is 24.6 Å². The number of benzene rings is 2. The highest BCUT2D eigenvalue weighted by molar-refractivity contribution is 6.35. The minimum absolute atomic E-state index is 0.355. The van der Waals surface area contributed by atoms with Crippen molar-refractivity contribution in [1.82, 2.24) is 10.2 Å². The van der Waals surface area contributed by atoms with Crippen molar-refractivity contribution in [3.8, 4) is 5.75 Å². The second kappa shape index (κ2) is 8.58. The normalized spacial score (nSPS) is 14.0. The molecule has 2 amide bonds. The molecule has 3 rings (SSSR count). The van der Waals surface area contributed by atoms with Gasteiger partial charge in [0.15, 0.2) is 0 Å². The Morgan fingerprint density at radius 1 is 1.04 bits per heavy atom. The minimum atomic E-state index is -0.553. The Bertz CT molecular complexity index is 814. The Balaban J connectivity index is 1.52. The molecule has 6 nitrogen and oxygen atoms in total. The summed E-state index contributed by atoms with van der Waals surface area (Å²) in [4.78, 5) is 28.4. The fourth-order valence-electron chi connectivity index (χ4n) is 3.27. The van der Waals surface area contributed by atoms with Gasteiger partial charge in [-0.1, -0.05) is 42.0 Å². The lowest BCUT2D eigenvalue weighted by Crippen LogP contribution is -2.52. The lowest BCUT2D eigenvalue weighted by Gasteiger charge is -2.36. The predicted octanol–water partition coefficient (Wildman–Crippen LogP) is 1.97. The summed E-state index contributed by atoms with van der Waals surface area (Å²) in [5.41, 5.74) is 3.12. The van der Waals surface area contributed by atoms with Gasteiger partial charge in [0.25, 0.3) is 0 Å². The van der Waals surface area contributed by atoms with E-state index in [0.29, 0.717) is 32.7 Å². The molecule has 1 heterocycles. The third-order valence-electron chi connectivity index (χ3n) is 4.72. The van der Waals surface area contributed by atoms with Crippen LogP contribution in [0.1, 0.15) is 11.1 Å². The summed E-state index contributed by atoms with van der Waals surface area (Å²) in [5.74, 6) is -0.210. The number of carbonyl (C=O) groups excluding carboxylic acids is 2. The highest BCUT2D eigenvalue weighted by Crippen LogP contribution is 2.28. The zero-order chi connectivity index (χ0) is 19.2. The highest BCUT2D eigenvalue weighted by Gasteiger charge is 2.26. The number of hydrogen-bond acceptors (Lipinski definition) is 4. The van der Waals surface area contributed by atoms with Crippen molar-refractivity contribution in [3.63, 3.8) is 0 Å². The van der Waals surface area contributed by atoms with Crippen molar-refractivity contribution in [1.29, 1.82) is 0 Å². The monoisotopic (exact) mass is 367 g/mol. The van der Waals surface area contributed by atoms with Gasteiger partial charge in [-0.25, -0.2) is 0 Å². The topological polar surface area (TPSA) is 61.9 Å². The second-order valence-corrected chi connectivity index (χ2v) is 6.62. The third-order valence-corrected chi connectivity index (χ3v) is 4.72. The van der Waals surface area contributed by atoms with E-state index in [9.17, 15) is 9.59 Å². The average molecular weight is 367 g/mol. The van der Waals surface area contributed by atoms with Crippen LogP contribution in [0.2, 0.25) is 0 Å². The molecule has 1 fully saturated rings. The van der Waals surface area contributed by atoms with Gasteiger partial charge < -0.3 is 19.9 Å². The van der Waals surface area contributed by atoms with Gasteiger partial charge in [0.05, 0.1) is 12.8 Å². The molecule has 0 saturated carbocycles.